The van der Waals surface area contributed by atoms with Gasteiger partial charge >= 0.3 is 12.1 Å². The first-order chi connectivity index (χ1) is 12.3. The van der Waals surface area contributed by atoms with Crippen LogP contribution in [0.4, 0.5) is 10.5 Å². The fraction of sp³-hybridized carbons (Fsp3) is 0.600. The molecule has 0 unspecified atom stereocenters. The Morgan fingerprint density at radius 1 is 0.889 bits per heavy atom. The van der Waals surface area contributed by atoms with E-state index in [1.54, 1.807) is 11.0 Å². The van der Waals surface area contributed by atoms with E-state index in [-0.39, 0.29) is 12.1 Å². The molecule has 1 amide bonds. The average molecular weight is 395 g/mol. The van der Waals surface area contributed by atoms with Crippen molar-refractivity contribution in [3.05, 3.63) is 23.8 Å². The van der Waals surface area contributed by atoms with Gasteiger partial charge in [0, 0.05) is 36.8 Å². The van der Waals surface area contributed by atoms with E-state index in [2.05, 4.69) is 17.5 Å². The quantitative estimate of drug-likeness (QED) is 0.607. The summed E-state index contributed by atoms with van der Waals surface area (Å²) in [6.45, 7) is 13.5. The minimum atomic E-state index is -0.553. The van der Waals surface area contributed by atoms with Crippen molar-refractivity contribution >= 4 is 30.4 Å². The molecular formula is C20H30N2O4S. The van der Waals surface area contributed by atoms with Crippen LogP contribution < -0.4 is 4.90 Å². The Balaban J connectivity index is 2.06. The van der Waals surface area contributed by atoms with E-state index in [0.29, 0.717) is 36.6 Å². The van der Waals surface area contributed by atoms with E-state index in [0.717, 1.165) is 5.69 Å². The van der Waals surface area contributed by atoms with Crippen molar-refractivity contribution in [2.24, 2.45) is 0 Å². The minimum absolute atomic E-state index is 0.292. The number of rotatable bonds is 2. The zero-order chi connectivity index (χ0) is 20.4. The number of carbonyl (C=O) groups is 2. The number of hydrogen-bond donors (Lipinski definition) is 1. The minimum Gasteiger partial charge on any atom is -0.456 e. The van der Waals surface area contributed by atoms with Crippen LogP contribution in [0.15, 0.2) is 23.1 Å². The lowest BCUT2D eigenvalue weighted by Gasteiger charge is -2.37. The second-order valence-electron chi connectivity index (χ2n) is 8.69. The molecule has 1 aliphatic heterocycles. The highest BCUT2D eigenvalue weighted by atomic mass is 32.1. The van der Waals surface area contributed by atoms with E-state index < -0.39 is 11.2 Å². The molecule has 0 spiro atoms. The lowest BCUT2D eigenvalue weighted by molar-refractivity contribution is 0.00687. The van der Waals surface area contributed by atoms with Crippen LogP contribution in [0, 0.1) is 0 Å². The molecule has 1 aromatic carbocycles. The fourth-order valence-electron chi connectivity index (χ4n) is 2.71. The third-order valence-electron chi connectivity index (χ3n) is 3.83. The average Bonchev–Trinajstić information content (AvgIpc) is 2.51. The van der Waals surface area contributed by atoms with Crippen LogP contribution in [0.25, 0.3) is 0 Å². The van der Waals surface area contributed by atoms with Crippen LogP contribution in [-0.2, 0) is 9.47 Å². The van der Waals surface area contributed by atoms with E-state index in [9.17, 15) is 9.59 Å². The highest BCUT2D eigenvalue weighted by Gasteiger charge is 2.26. The molecule has 1 heterocycles. The predicted octanol–water partition coefficient (Wildman–Crippen LogP) is 3.99. The lowest BCUT2D eigenvalue weighted by Crippen LogP contribution is -2.50. The van der Waals surface area contributed by atoms with Crippen LogP contribution >= 0.6 is 12.6 Å². The first-order valence-corrected chi connectivity index (χ1v) is 9.59. The number of piperazine rings is 1. The number of esters is 1. The second-order valence-corrected chi connectivity index (χ2v) is 9.21. The van der Waals surface area contributed by atoms with Crippen molar-refractivity contribution in [2.75, 3.05) is 31.1 Å². The predicted molar refractivity (Wildman–Crippen MR) is 109 cm³/mol. The normalized spacial score (nSPS) is 15.5. The van der Waals surface area contributed by atoms with Crippen molar-refractivity contribution in [1.29, 1.82) is 0 Å². The number of hydrogen-bond acceptors (Lipinski definition) is 6. The van der Waals surface area contributed by atoms with E-state index >= 15 is 0 Å². The smallest absolute Gasteiger partial charge is 0.410 e. The molecule has 27 heavy (non-hydrogen) atoms. The van der Waals surface area contributed by atoms with E-state index in [1.807, 2.05) is 53.7 Å². The third kappa shape index (κ3) is 6.65. The number of anilines is 1. The number of benzene rings is 1. The van der Waals surface area contributed by atoms with Gasteiger partial charge in [0.2, 0.25) is 0 Å². The van der Waals surface area contributed by atoms with Gasteiger partial charge in [-0.3, -0.25) is 0 Å². The first-order valence-electron chi connectivity index (χ1n) is 9.14. The maximum atomic E-state index is 12.4. The Morgan fingerprint density at radius 3 is 1.96 bits per heavy atom. The fourth-order valence-corrected chi connectivity index (χ4v) is 2.98. The summed E-state index contributed by atoms with van der Waals surface area (Å²) in [7, 11) is 0. The van der Waals surface area contributed by atoms with Crippen LogP contribution in [0.1, 0.15) is 51.9 Å². The molecule has 0 atom stereocenters. The standard InChI is InChI=1S/C20H30N2O4S/c1-19(2,3)25-17(23)14-11-15(13-16(27)12-14)21-7-9-22(10-8-21)18(24)26-20(4,5)6/h11-13,27H,7-10H2,1-6H3. The SMILES string of the molecule is CC(C)(C)OC(=O)c1cc(S)cc(N2CCN(C(=O)OC(C)(C)C)CC2)c1. The number of ether oxygens (including phenoxy) is 2. The maximum absolute atomic E-state index is 12.4. The molecule has 1 fully saturated rings. The zero-order valence-electron chi connectivity index (χ0n) is 17.0. The van der Waals surface area contributed by atoms with Crippen LogP contribution in [0.3, 0.4) is 0 Å². The highest BCUT2D eigenvalue weighted by molar-refractivity contribution is 7.80. The van der Waals surface area contributed by atoms with Gasteiger partial charge in [-0.15, -0.1) is 12.6 Å². The third-order valence-corrected chi connectivity index (χ3v) is 4.09. The molecule has 0 aliphatic carbocycles. The molecule has 0 bridgehead atoms. The number of amides is 1. The van der Waals surface area contributed by atoms with Gasteiger partial charge in [0.1, 0.15) is 11.2 Å². The highest BCUT2D eigenvalue weighted by Crippen LogP contribution is 2.25. The molecule has 1 saturated heterocycles. The topological polar surface area (TPSA) is 59.1 Å². The summed E-state index contributed by atoms with van der Waals surface area (Å²) >= 11 is 4.43. The van der Waals surface area contributed by atoms with Gasteiger partial charge in [-0.05, 0) is 59.7 Å². The monoisotopic (exact) mass is 394 g/mol. The van der Waals surface area contributed by atoms with Gasteiger partial charge in [0.15, 0.2) is 0 Å². The molecule has 1 aliphatic rings. The van der Waals surface area contributed by atoms with E-state index in [1.165, 1.54) is 0 Å². The van der Waals surface area contributed by atoms with Gasteiger partial charge in [-0.2, -0.15) is 0 Å². The summed E-state index contributed by atoms with van der Waals surface area (Å²) in [4.78, 5) is 29.1. The largest absolute Gasteiger partial charge is 0.456 e. The van der Waals surface area contributed by atoms with Gasteiger partial charge < -0.3 is 19.3 Å². The molecule has 150 valence electrons. The Kier molecular flexibility index (Phi) is 6.35. The Morgan fingerprint density at radius 2 is 1.44 bits per heavy atom. The Bertz CT molecular complexity index is 699. The van der Waals surface area contributed by atoms with Crippen LogP contribution in [-0.4, -0.2) is 54.3 Å². The summed E-state index contributed by atoms with van der Waals surface area (Å²) in [6, 6.07) is 5.44. The summed E-state index contributed by atoms with van der Waals surface area (Å²) in [5.41, 5.74) is 0.314. The summed E-state index contributed by atoms with van der Waals surface area (Å²) in [5, 5.41) is 0. The van der Waals surface area contributed by atoms with Gasteiger partial charge in [-0.25, -0.2) is 9.59 Å². The summed E-state index contributed by atoms with van der Waals surface area (Å²) in [5.74, 6) is -0.368. The molecule has 0 saturated carbocycles. The van der Waals surface area contributed by atoms with Crippen molar-refractivity contribution in [3.63, 3.8) is 0 Å². The number of carbonyl (C=O) groups excluding carboxylic acids is 2. The van der Waals surface area contributed by atoms with Gasteiger partial charge in [-0.1, -0.05) is 0 Å². The van der Waals surface area contributed by atoms with Crippen molar-refractivity contribution < 1.29 is 19.1 Å². The second kappa shape index (κ2) is 8.00. The molecule has 0 N–H and O–H groups in total. The molecule has 0 radical (unpaired) electrons. The molecular weight excluding hydrogens is 364 g/mol. The van der Waals surface area contributed by atoms with Crippen molar-refractivity contribution in [3.8, 4) is 0 Å². The Hall–Kier alpha value is -1.89. The van der Waals surface area contributed by atoms with Crippen LogP contribution in [0.5, 0.6) is 0 Å². The van der Waals surface area contributed by atoms with Gasteiger partial charge in [0.05, 0.1) is 5.56 Å². The zero-order valence-corrected chi connectivity index (χ0v) is 17.9. The number of nitrogens with zero attached hydrogens (tertiary/aromatic N) is 2. The van der Waals surface area contributed by atoms with E-state index in [4.69, 9.17) is 9.47 Å². The van der Waals surface area contributed by atoms with Crippen molar-refractivity contribution in [2.45, 2.75) is 57.6 Å². The summed E-state index contributed by atoms with van der Waals surface area (Å²) in [6.07, 6.45) is -0.292. The lowest BCUT2D eigenvalue weighted by atomic mass is 10.1. The molecule has 7 heteroatoms. The van der Waals surface area contributed by atoms with Crippen molar-refractivity contribution in [1.82, 2.24) is 4.90 Å². The summed E-state index contributed by atoms with van der Waals surface area (Å²) < 4.78 is 10.9. The maximum Gasteiger partial charge on any atom is 0.410 e. The van der Waals surface area contributed by atoms with Gasteiger partial charge in [0.25, 0.3) is 0 Å². The molecule has 2 rings (SSSR count). The van der Waals surface area contributed by atoms with Crippen LogP contribution in [0.2, 0.25) is 0 Å². The Labute approximate surface area is 167 Å². The molecule has 6 nitrogen and oxygen atoms in total. The number of thiol groups is 1. The first kappa shape index (κ1) is 21.4. The molecule has 1 aromatic rings. The molecule has 0 aromatic heterocycles.